The lowest BCUT2D eigenvalue weighted by Crippen LogP contribution is -3.12. The number of nitrogens with one attached hydrogen (secondary N) is 1. The predicted molar refractivity (Wildman–Crippen MR) is 83.7 cm³/mol. The summed E-state index contributed by atoms with van der Waals surface area (Å²) >= 11 is 0. The molecule has 1 aromatic carbocycles. The van der Waals surface area contributed by atoms with Gasteiger partial charge in [-0.15, -0.1) is 0 Å². The van der Waals surface area contributed by atoms with Gasteiger partial charge in [0, 0.05) is 0 Å². The van der Waals surface area contributed by atoms with Crippen LogP contribution in [-0.2, 0) is 0 Å². The highest BCUT2D eigenvalue weighted by Crippen LogP contribution is 2.27. The summed E-state index contributed by atoms with van der Waals surface area (Å²) in [6, 6.07) is 6.29. The van der Waals surface area contributed by atoms with Crippen molar-refractivity contribution in [1.82, 2.24) is 0 Å². The van der Waals surface area contributed by atoms with E-state index < -0.39 is 6.10 Å². The molecule has 0 aliphatic carbocycles. The third-order valence-corrected chi connectivity index (χ3v) is 3.75. The van der Waals surface area contributed by atoms with Crippen LogP contribution in [0.2, 0.25) is 0 Å². The van der Waals surface area contributed by atoms with Crippen molar-refractivity contribution in [2.75, 3.05) is 26.2 Å². The van der Waals surface area contributed by atoms with Crippen LogP contribution in [0.5, 0.6) is 5.75 Å². The molecule has 3 heteroatoms. The summed E-state index contributed by atoms with van der Waals surface area (Å²) in [6.07, 6.45) is -0.412. The minimum absolute atomic E-state index is 0.368. The molecule has 0 amide bonds. The van der Waals surface area contributed by atoms with Gasteiger partial charge in [0.15, 0.2) is 0 Å². The molecule has 0 aliphatic rings. The number of rotatable bonds is 8. The number of likely N-dealkylation sites (N-methyl/N-ethyl adjacent to an activating group) is 1. The summed E-state index contributed by atoms with van der Waals surface area (Å²) in [5.41, 5.74) is 2.39. The number of aliphatic hydroxyl groups excluding tert-OH is 1. The molecule has 0 heterocycles. The zero-order valence-electron chi connectivity index (χ0n) is 13.6. The minimum atomic E-state index is -0.412. The maximum absolute atomic E-state index is 10.1. The fourth-order valence-electron chi connectivity index (χ4n) is 2.36. The maximum atomic E-state index is 10.1. The Morgan fingerprint density at radius 3 is 2.40 bits per heavy atom. The fourth-order valence-corrected chi connectivity index (χ4v) is 2.36. The zero-order valence-corrected chi connectivity index (χ0v) is 13.6. The van der Waals surface area contributed by atoms with E-state index in [0.717, 1.165) is 25.4 Å². The molecule has 0 saturated carbocycles. The number of quaternary nitrogens is 1. The van der Waals surface area contributed by atoms with Crippen LogP contribution in [0.3, 0.4) is 0 Å². The quantitative estimate of drug-likeness (QED) is 0.761. The molecule has 0 fully saturated rings. The Kier molecular flexibility index (Phi) is 7.03. The number of ether oxygens (including phenoxy) is 1. The van der Waals surface area contributed by atoms with Crippen LogP contribution in [0.1, 0.15) is 44.7 Å². The standard InChI is InChI=1S/C17H29NO2/c1-6-18(7-2)11-15(19)12-20-17-10-14(5)8-9-16(17)13(3)4/h8-10,13,15,19H,6-7,11-12H2,1-5H3/p+1. The average Bonchev–Trinajstić information content (AvgIpc) is 2.42. The Bertz CT molecular complexity index is 400. The maximum Gasteiger partial charge on any atom is 0.137 e. The van der Waals surface area contributed by atoms with Gasteiger partial charge in [0.2, 0.25) is 0 Å². The van der Waals surface area contributed by atoms with E-state index in [1.807, 2.05) is 0 Å². The average molecular weight is 280 g/mol. The van der Waals surface area contributed by atoms with Crippen LogP contribution in [-0.4, -0.2) is 37.5 Å². The summed E-state index contributed by atoms with van der Waals surface area (Å²) in [7, 11) is 0. The second kappa shape index (κ2) is 8.28. The van der Waals surface area contributed by atoms with Gasteiger partial charge in [-0.25, -0.2) is 0 Å². The lowest BCUT2D eigenvalue weighted by atomic mass is 10.0. The third-order valence-electron chi connectivity index (χ3n) is 3.75. The fraction of sp³-hybridized carbons (Fsp3) is 0.647. The van der Waals surface area contributed by atoms with Crippen molar-refractivity contribution in [3.63, 3.8) is 0 Å². The van der Waals surface area contributed by atoms with Gasteiger partial charge in [-0.1, -0.05) is 26.0 Å². The SMILES string of the molecule is CC[NH+](CC)CC(O)COc1cc(C)ccc1C(C)C. The van der Waals surface area contributed by atoms with Crippen molar-refractivity contribution in [3.05, 3.63) is 29.3 Å². The molecule has 0 saturated heterocycles. The van der Waals surface area contributed by atoms with Crippen LogP contribution >= 0.6 is 0 Å². The van der Waals surface area contributed by atoms with E-state index in [0.29, 0.717) is 12.5 Å². The Morgan fingerprint density at radius 1 is 1.20 bits per heavy atom. The smallest absolute Gasteiger partial charge is 0.137 e. The summed E-state index contributed by atoms with van der Waals surface area (Å²) in [6.45, 7) is 13.9. The van der Waals surface area contributed by atoms with E-state index in [9.17, 15) is 5.11 Å². The number of hydrogen-bond acceptors (Lipinski definition) is 2. The molecule has 2 N–H and O–H groups in total. The molecule has 20 heavy (non-hydrogen) atoms. The summed E-state index contributed by atoms with van der Waals surface area (Å²) in [4.78, 5) is 1.40. The highest BCUT2D eigenvalue weighted by molar-refractivity contribution is 5.39. The molecule has 1 aromatic rings. The minimum Gasteiger partial charge on any atom is -0.490 e. The highest BCUT2D eigenvalue weighted by atomic mass is 16.5. The van der Waals surface area contributed by atoms with Crippen LogP contribution < -0.4 is 9.64 Å². The highest BCUT2D eigenvalue weighted by Gasteiger charge is 2.14. The molecular formula is C17H30NO2+. The molecule has 0 radical (unpaired) electrons. The first kappa shape index (κ1) is 17.0. The van der Waals surface area contributed by atoms with Gasteiger partial charge < -0.3 is 14.7 Å². The molecule has 3 nitrogen and oxygen atoms in total. The van der Waals surface area contributed by atoms with Gasteiger partial charge in [0.05, 0.1) is 13.1 Å². The number of aryl methyl sites for hydroxylation is 1. The van der Waals surface area contributed by atoms with E-state index in [2.05, 4.69) is 52.8 Å². The van der Waals surface area contributed by atoms with E-state index in [1.54, 1.807) is 0 Å². The van der Waals surface area contributed by atoms with Crippen molar-refractivity contribution in [2.24, 2.45) is 0 Å². The van der Waals surface area contributed by atoms with E-state index in [1.165, 1.54) is 16.0 Å². The second-order valence-corrected chi connectivity index (χ2v) is 5.82. The van der Waals surface area contributed by atoms with Crippen LogP contribution in [0.15, 0.2) is 18.2 Å². The molecule has 0 aliphatic heterocycles. The number of benzene rings is 1. The van der Waals surface area contributed by atoms with Crippen molar-refractivity contribution >= 4 is 0 Å². The molecule has 0 spiro atoms. The molecule has 1 unspecified atom stereocenters. The molecule has 0 aromatic heterocycles. The second-order valence-electron chi connectivity index (χ2n) is 5.82. The molecule has 1 rings (SSSR count). The molecule has 1 atom stereocenters. The van der Waals surface area contributed by atoms with Crippen LogP contribution in [0.4, 0.5) is 0 Å². The normalized spacial score (nSPS) is 13.0. The summed E-state index contributed by atoms with van der Waals surface area (Å²) < 4.78 is 5.87. The van der Waals surface area contributed by atoms with Crippen molar-refractivity contribution in [1.29, 1.82) is 0 Å². The van der Waals surface area contributed by atoms with Gasteiger partial charge in [-0.2, -0.15) is 0 Å². The molecule has 114 valence electrons. The Hall–Kier alpha value is -1.06. The Balaban J connectivity index is 2.62. The van der Waals surface area contributed by atoms with Crippen LogP contribution in [0, 0.1) is 6.92 Å². The molecular weight excluding hydrogens is 250 g/mol. The van der Waals surface area contributed by atoms with Gasteiger partial charge in [0.1, 0.15) is 25.0 Å². The Morgan fingerprint density at radius 2 is 1.85 bits per heavy atom. The van der Waals surface area contributed by atoms with Gasteiger partial charge in [-0.3, -0.25) is 0 Å². The first-order chi connectivity index (χ1) is 9.47. The largest absolute Gasteiger partial charge is 0.490 e. The van der Waals surface area contributed by atoms with Crippen LogP contribution in [0.25, 0.3) is 0 Å². The summed E-state index contributed by atoms with van der Waals surface area (Å²) in [5, 5.41) is 10.1. The number of aliphatic hydroxyl groups is 1. The van der Waals surface area contributed by atoms with Crippen molar-refractivity contribution in [3.8, 4) is 5.75 Å². The third kappa shape index (κ3) is 5.14. The Labute approximate surface area is 123 Å². The monoisotopic (exact) mass is 280 g/mol. The van der Waals surface area contributed by atoms with Gasteiger partial charge in [0.25, 0.3) is 0 Å². The lowest BCUT2D eigenvalue weighted by Gasteiger charge is -2.21. The topological polar surface area (TPSA) is 33.9 Å². The van der Waals surface area contributed by atoms with Gasteiger partial charge >= 0.3 is 0 Å². The van der Waals surface area contributed by atoms with E-state index >= 15 is 0 Å². The van der Waals surface area contributed by atoms with Gasteiger partial charge in [-0.05, 0) is 43.9 Å². The first-order valence-corrected chi connectivity index (χ1v) is 7.72. The lowest BCUT2D eigenvalue weighted by molar-refractivity contribution is -0.899. The molecule has 0 bridgehead atoms. The predicted octanol–water partition coefficient (Wildman–Crippen LogP) is 1.78. The first-order valence-electron chi connectivity index (χ1n) is 7.72. The van der Waals surface area contributed by atoms with Crippen molar-refractivity contribution < 1.29 is 14.7 Å². The zero-order chi connectivity index (χ0) is 15.1. The summed E-state index contributed by atoms with van der Waals surface area (Å²) in [5.74, 6) is 1.34. The van der Waals surface area contributed by atoms with E-state index in [4.69, 9.17) is 4.74 Å². The number of hydrogen-bond donors (Lipinski definition) is 2. The van der Waals surface area contributed by atoms with Crippen molar-refractivity contribution in [2.45, 2.75) is 46.6 Å². The van der Waals surface area contributed by atoms with E-state index in [-0.39, 0.29) is 0 Å².